The van der Waals surface area contributed by atoms with Crippen molar-refractivity contribution in [1.82, 2.24) is 15.2 Å². The van der Waals surface area contributed by atoms with Crippen LogP contribution in [0.2, 0.25) is 0 Å². The van der Waals surface area contributed by atoms with Crippen molar-refractivity contribution in [1.29, 1.82) is 0 Å². The van der Waals surface area contributed by atoms with Crippen LogP contribution in [0.15, 0.2) is 95.8 Å². The molecule has 4 rings (SSSR count). The smallest absolute Gasteiger partial charge is 0.254 e. The summed E-state index contributed by atoms with van der Waals surface area (Å²) in [6, 6.07) is 23.8. The summed E-state index contributed by atoms with van der Waals surface area (Å²) in [4.78, 5) is 23.2. The van der Waals surface area contributed by atoms with Crippen molar-refractivity contribution < 1.29 is 9.18 Å². The van der Waals surface area contributed by atoms with Crippen molar-refractivity contribution in [3.05, 3.63) is 113 Å². The van der Waals surface area contributed by atoms with E-state index in [2.05, 4.69) is 68.7 Å². The number of amides is 1. The Hall–Kier alpha value is -3.84. The summed E-state index contributed by atoms with van der Waals surface area (Å²) in [7, 11) is 0. The molecule has 2 heterocycles. The van der Waals surface area contributed by atoms with Gasteiger partial charge in [-0.15, -0.1) is 0 Å². The van der Waals surface area contributed by atoms with Gasteiger partial charge in [-0.1, -0.05) is 60.7 Å². The number of halogens is 1. The fraction of sp³-hybridized carbons (Fsp3) is 0.192. The number of pyridine rings is 1. The van der Waals surface area contributed by atoms with Crippen LogP contribution in [0.25, 0.3) is 0 Å². The molecule has 33 heavy (non-hydrogen) atoms. The first kappa shape index (κ1) is 22.4. The number of nitrogens with one attached hydrogen (secondary N) is 1. The molecule has 0 aliphatic carbocycles. The Morgan fingerprint density at radius 3 is 2.30 bits per heavy atom. The molecule has 3 aromatic rings. The number of benzene rings is 2. The Morgan fingerprint density at radius 2 is 1.73 bits per heavy atom. The highest BCUT2D eigenvalue weighted by atomic mass is 19.1. The van der Waals surface area contributed by atoms with Gasteiger partial charge in [-0.3, -0.25) is 19.7 Å². The molecule has 1 amide bonds. The summed E-state index contributed by atoms with van der Waals surface area (Å²) in [5.74, 6) is -0.889. The number of likely N-dealkylation sites (tertiary alicyclic amines) is 1. The molecule has 0 radical (unpaired) electrons. The fourth-order valence-corrected chi connectivity index (χ4v) is 3.86. The maximum atomic E-state index is 13.7. The van der Waals surface area contributed by atoms with E-state index in [1.54, 1.807) is 0 Å². The standard InChI is InChI=1S/C26H26FN5O/c27-23-12-7-13-29-24(23)16-31-26(33)21(14-28)15-30-22-17-32(18-22)25(19-8-3-1-4-9-19)20-10-5-2-6-11-20/h1-15,22,25H,16-18,28H2,(H,31,33). The molecular weight excluding hydrogens is 417 g/mol. The van der Waals surface area contributed by atoms with Gasteiger partial charge in [0.05, 0.1) is 29.9 Å². The van der Waals surface area contributed by atoms with Gasteiger partial charge in [-0.05, 0) is 23.3 Å². The fourth-order valence-electron chi connectivity index (χ4n) is 3.86. The normalized spacial score (nSPS) is 15.0. The molecule has 0 spiro atoms. The van der Waals surface area contributed by atoms with E-state index in [-0.39, 0.29) is 29.9 Å². The van der Waals surface area contributed by atoms with Crippen LogP contribution < -0.4 is 11.1 Å². The van der Waals surface area contributed by atoms with Crippen molar-refractivity contribution in [2.24, 2.45) is 10.7 Å². The largest absolute Gasteiger partial charge is 0.404 e. The molecule has 0 atom stereocenters. The van der Waals surface area contributed by atoms with Gasteiger partial charge >= 0.3 is 0 Å². The minimum absolute atomic E-state index is 0.0241. The monoisotopic (exact) mass is 443 g/mol. The lowest BCUT2D eigenvalue weighted by molar-refractivity contribution is -0.117. The Morgan fingerprint density at radius 1 is 1.09 bits per heavy atom. The zero-order chi connectivity index (χ0) is 23.0. The third-order valence-electron chi connectivity index (χ3n) is 5.60. The average molecular weight is 444 g/mol. The quantitative estimate of drug-likeness (QED) is 0.414. The SMILES string of the molecule is NC=C(C=NC1CN(C(c2ccccc2)c2ccccc2)C1)C(=O)NCc1ncccc1F. The third kappa shape index (κ3) is 5.51. The lowest BCUT2D eigenvalue weighted by atomic mass is 9.93. The summed E-state index contributed by atoms with van der Waals surface area (Å²) in [5, 5.41) is 2.63. The lowest BCUT2D eigenvalue weighted by Gasteiger charge is -2.43. The molecule has 1 fully saturated rings. The number of aliphatic imine (C=N–C) groups is 1. The van der Waals surface area contributed by atoms with Gasteiger partial charge in [-0.2, -0.15) is 0 Å². The third-order valence-corrected chi connectivity index (χ3v) is 5.60. The molecule has 3 N–H and O–H groups in total. The predicted molar refractivity (Wildman–Crippen MR) is 127 cm³/mol. The van der Waals surface area contributed by atoms with Gasteiger partial charge in [0.15, 0.2) is 0 Å². The van der Waals surface area contributed by atoms with Crippen molar-refractivity contribution in [3.63, 3.8) is 0 Å². The van der Waals surface area contributed by atoms with Crippen LogP contribution in [0, 0.1) is 5.82 Å². The average Bonchev–Trinajstić information content (AvgIpc) is 2.83. The number of hydrogen-bond acceptors (Lipinski definition) is 5. The number of nitrogens with two attached hydrogens (primary N) is 1. The zero-order valence-corrected chi connectivity index (χ0v) is 18.1. The second-order valence-corrected chi connectivity index (χ2v) is 7.85. The van der Waals surface area contributed by atoms with Crippen molar-refractivity contribution in [3.8, 4) is 0 Å². The highest BCUT2D eigenvalue weighted by molar-refractivity contribution is 6.12. The molecule has 1 aliphatic rings. The molecule has 7 heteroatoms. The summed E-state index contributed by atoms with van der Waals surface area (Å²) in [6.07, 6.45) is 4.18. The van der Waals surface area contributed by atoms with Gasteiger partial charge in [-0.25, -0.2) is 4.39 Å². The Labute approximate surface area is 192 Å². The molecule has 0 saturated carbocycles. The van der Waals surface area contributed by atoms with Gasteiger partial charge in [0, 0.05) is 31.7 Å². The van der Waals surface area contributed by atoms with Crippen LogP contribution >= 0.6 is 0 Å². The van der Waals surface area contributed by atoms with Crippen LogP contribution in [0.4, 0.5) is 4.39 Å². The Bertz CT molecular complexity index is 1090. The molecule has 2 aromatic carbocycles. The summed E-state index contributed by atoms with van der Waals surface area (Å²) < 4.78 is 13.7. The van der Waals surface area contributed by atoms with E-state index in [0.717, 1.165) is 13.1 Å². The number of nitrogens with zero attached hydrogens (tertiary/aromatic N) is 3. The Kier molecular flexibility index (Phi) is 7.22. The Balaban J connectivity index is 1.36. The summed E-state index contributed by atoms with van der Waals surface area (Å²) >= 11 is 0. The predicted octanol–water partition coefficient (Wildman–Crippen LogP) is 3.22. The zero-order valence-electron chi connectivity index (χ0n) is 18.1. The first-order valence-corrected chi connectivity index (χ1v) is 10.8. The maximum Gasteiger partial charge on any atom is 0.254 e. The topological polar surface area (TPSA) is 83.6 Å². The molecule has 0 bridgehead atoms. The van der Waals surface area contributed by atoms with Gasteiger partial charge in [0.1, 0.15) is 5.82 Å². The summed E-state index contributed by atoms with van der Waals surface area (Å²) in [5.41, 5.74) is 8.49. The molecule has 168 valence electrons. The number of carbonyl (C=O) groups is 1. The van der Waals surface area contributed by atoms with E-state index in [0.29, 0.717) is 0 Å². The van der Waals surface area contributed by atoms with Crippen molar-refractivity contribution >= 4 is 12.1 Å². The highest BCUT2D eigenvalue weighted by Crippen LogP contribution is 2.32. The summed E-state index contributed by atoms with van der Waals surface area (Å²) in [6.45, 7) is 1.51. The first-order chi connectivity index (χ1) is 16.2. The van der Waals surface area contributed by atoms with Crippen LogP contribution in [0.3, 0.4) is 0 Å². The number of aromatic nitrogens is 1. The second-order valence-electron chi connectivity index (χ2n) is 7.85. The first-order valence-electron chi connectivity index (χ1n) is 10.8. The molecule has 0 unspecified atom stereocenters. The minimum atomic E-state index is -0.467. The molecule has 1 aliphatic heterocycles. The van der Waals surface area contributed by atoms with Crippen molar-refractivity contribution in [2.45, 2.75) is 18.6 Å². The van der Waals surface area contributed by atoms with E-state index < -0.39 is 11.7 Å². The molecule has 1 aromatic heterocycles. The van der Waals surface area contributed by atoms with Gasteiger partial charge in [0.2, 0.25) is 0 Å². The van der Waals surface area contributed by atoms with E-state index in [1.165, 1.54) is 41.9 Å². The molecule has 1 saturated heterocycles. The second kappa shape index (κ2) is 10.7. The lowest BCUT2D eigenvalue weighted by Crippen LogP contribution is -2.51. The van der Waals surface area contributed by atoms with Crippen molar-refractivity contribution in [2.75, 3.05) is 13.1 Å². The van der Waals surface area contributed by atoms with E-state index in [4.69, 9.17) is 5.73 Å². The highest BCUT2D eigenvalue weighted by Gasteiger charge is 2.33. The number of rotatable bonds is 8. The molecular formula is C26H26FN5O. The number of hydrogen-bond donors (Lipinski definition) is 2. The van der Waals surface area contributed by atoms with E-state index in [9.17, 15) is 9.18 Å². The van der Waals surface area contributed by atoms with Crippen LogP contribution in [-0.2, 0) is 11.3 Å². The van der Waals surface area contributed by atoms with Gasteiger partial charge in [0.25, 0.3) is 5.91 Å². The van der Waals surface area contributed by atoms with Crippen LogP contribution in [0.5, 0.6) is 0 Å². The molecule has 6 nitrogen and oxygen atoms in total. The maximum absolute atomic E-state index is 13.7. The van der Waals surface area contributed by atoms with Gasteiger partial charge < -0.3 is 11.1 Å². The minimum Gasteiger partial charge on any atom is -0.404 e. The van der Waals surface area contributed by atoms with Crippen LogP contribution in [0.1, 0.15) is 22.9 Å². The van der Waals surface area contributed by atoms with E-state index >= 15 is 0 Å². The van der Waals surface area contributed by atoms with Crippen LogP contribution in [-0.4, -0.2) is 41.1 Å². The number of carbonyl (C=O) groups excluding carboxylic acids is 1. The van der Waals surface area contributed by atoms with E-state index in [1.807, 2.05) is 12.1 Å².